The molecule has 1 unspecified atom stereocenters. The lowest BCUT2D eigenvalue weighted by atomic mass is 10.1. The first-order chi connectivity index (χ1) is 14.5. The maximum Gasteiger partial charge on any atom is 0.205 e. The topological polar surface area (TPSA) is 69.1 Å². The first-order valence-electron chi connectivity index (χ1n) is 10.4. The van der Waals surface area contributed by atoms with Gasteiger partial charge in [0.2, 0.25) is 5.13 Å². The van der Waals surface area contributed by atoms with Crippen LogP contribution in [-0.2, 0) is 6.42 Å². The molecule has 2 heterocycles. The highest BCUT2D eigenvalue weighted by molar-refractivity contribution is 7.09. The molecule has 1 aliphatic heterocycles. The third-order valence-corrected chi connectivity index (χ3v) is 6.21. The normalized spacial score (nSPS) is 16.1. The number of methoxy groups -OCH3 is 1. The molecule has 1 aliphatic rings. The van der Waals surface area contributed by atoms with Gasteiger partial charge in [0.25, 0.3) is 0 Å². The number of likely N-dealkylation sites (N-methyl/N-ethyl adjacent to an activating group) is 1. The number of guanidine groups is 1. The number of hydrogen-bond donors (Lipinski definition) is 1. The molecular formula is C21H33N7OS. The lowest BCUT2D eigenvalue weighted by molar-refractivity contribution is 0.291. The van der Waals surface area contributed by atoms with Gasteiger partial charge in [-0.05, 0) is 31.8 Å². The second-order valence-electron chi connectivity index (χ2n) is 7.50. The van der Waals surface area contributed by atoms with E-state index in [4.69, 9.17) is 4.74 Å². The first-order valence-corrected chi connectivity index (χ1v) is 11.2. The fourth-order valence-electron chi connectivity index (χ4n) is 3.59. The van der Waals surface area contributed by atoms with E-state index in [0.29, 0.717) is 0 Å². The zero-order valence-electron chi connectivity index (χ0n) is 18.6. The summed E-state index contributed by atoms with van der Waals surface area (Å²) in [5.74, 6) is 2.75. The summed E-state index contributed by atoms with van der Waals surface area (Å²) in [6.07, 6.45) is 0.882. The Morgan fingerprint density at radius 2 is 2.07 bits per heavy atom. The number of ether oxygens (including phenoxy) is 1. The average Bonchev–Trinajstić information content (AvgIpc) is 3.26. The summed E-state index contributed by atoms with van der Waals surface area (Å²) in [4.78, 5) is 16.0. The van der Waals surface area contributed by atoms with E-state index in [0.717, 1.165) is 61.8 Å². The number of aliphatic imine (C=N–C) groups is 1. The van der Waals surface area contributed by atoms with E-state index in [1.165, 1.54) is 17.1 Å². The van der Waals surface area contributed by atoms with E-state index in [-0.39, 0.29) is 6.04 Å². The van der Waals surface area contributed by atoms with Crippen LogP contribution >= 0.6 is 11.5 Å². The molecule has 0 radical (unpaired) electrons. The van der Waals surface area contributed by atoms with Gasteiger partial charge in [-0.3, -0.25) is 4.99 Å². The van der Waals surface area contributed by atoms with Crippen molar-refractivity contribution in [1.82, 2.24) is 24.5 Å². The van der Waals surface area contributed by atoms with Crippen molar-refractivity contribution in [2.24, 2.45) is 4.99 Å². The van der Waals surface area contributed by atoms with Gasteiger partial charge in [0, 0.05) is 57.7 Å². The summed E-state index contributed by atoms with van der Waals surface area (Å²) in [5, 5.41) is 4.60. The molecule has 1 N–H and O–H groups in total. The van der Waals surface area contributed by atoms with E-state index in [1.807, 2.05) is 19.2 Å². The van der Waals surface area contributed by atoms with Gasteiger partial charge in [-0.25, -0.2) is 4.98 Å². The molecular weight excluding hydrogens is 398 g/mol. The van der Waals surface area contributed by atoms with Crippen LogP contribution in [0.5, 0.6) is 5.75 Å². The molecule has 1 aromatic heterocycles. The minimum absolute atomic E-state index is 0.215. The quantitative estimate of drug-likeness (QED) is 0.532. The van der Waals surface area contributed by atoms with E-state index in [2.05, 4.69) is 67.5 Å². The molecule has 1 fully saturated rings. The van der Waals surface area contributed by atoms with Crippen LogP contribution in [0.15, 0.2) is 29.3 Å². The number of benzene rings is 1. The molecule has 30 heavy (non-hydrogen) atoms. The van der Waals surface area contributed by atoms with Crippen LogP contribution < -0.4 is 15.0 Å². The Morgan fingerprint density at radius 1 is 1.30 bits per heavy atom. The number of hydrogen-bond acceptors (Lipinski definition) is 7. The number of nitrogens with one attached hydrogen (secondary N) is 1. The Labute approximate surface area is 183 Å². The maximum absolute atomic E-state index is 5.40. The molecule has 3 rings (SSSR count). The fourth-order valence-corrected chi connectivity index (χ4v) is 4.40. The van der Waals surface area contributed by atoms with Crippen molar-refractivity contribution in [3.63, 3.8) is 0 Å². The number of piperazine rings is 1. The molecule has 2 aromatic rings. The number of nitrogens with zero attached hydrogens (tertiary/aromatic N) is 6. The summed E-state index contributed by atoms with van der Waals surface area (Å²) in [5.41, 5.74) is 1.22. The van der Waals surface area contributed by atoms with Crippen LogP contribution in [0, 0.1) is 0 Å². The highest BCUT2D eigenvalue weighted by Crippen LogP contribution is 2.22. The summed E-state index contributed by atoms with van der Waals surface area (Å²) >= 11 is 1.50. The summed E-state index contributed by atoms with van der Waals surface area (Å²) in [6, 6.07) is 8.47. The van der Waals surface area contributed by atoms with Crippen LogP contribution in [0.3, 0.4) is 0 Å². The average molecular weight is 432 g/mol. The molecule has 8 nitrogen and oxygen atoms in total. The lowest BCUT2D eigenvalue weighted by Gasteiger charge is -2.37. The Morgan fingerprint density at radius 3 is 2.67 bits per heavy atom. The predicted octanol–water partition coefficient (Wildman–Crippen LogP) is 2.11. The van der Waals surface area contributed by atoms with Crippen LogP contribution in [-0.4, -0.2) is 86.1 Å². The van der Waals surface area contributed by atoms with E-state index < -0.39 is 0 Å². The van der Waals surface area contributed by atoms with Gasteiger partial charge in [0.15, 0.2) is 5.96 Å². The molecule has 0 bridgehead atoms. The Kier molecular flexibility index (Phi) is 7.87. The van der Waals surface area contributed by atoms with Crippen molar-refractivity contribution in [3.05, 3.63) is 35.7 Å². The van der Waals surface area contributed by atoms with Crippen LogP contribution in [0.4, 0.5) is 5.13 Å². The Bertz CT molecular complexity index is 830. The molecule has 0 aliphatic carbocycles. The van der Waals surface area contributed by atoms with Crippen molar-refractivity contribution >= 4 is 22.6 Å². The van der Waals surface area contributed by atoms with Crippen molar-refractivity contribution in [2.75, 3.05) is 65.9 Å². The molecule has 0 spiro atoms. The molecule has 9 heteroatoms. The number of aromatic nitrogens is 2. The number of anilines is 1. The maximum atomic E-state index is 5.40. The standard InChI is InChI=1S/C21H33N7OS/c1-6-19-24-21(30-25-19)28-12-10-27(11-13-28)20(22-2)23-15-18(26(3)4)16-8-7-9-17(14-16)29-5/h7-9,14,18H,6,10-13,15H2,1-5H3,(H,22,23). The summed E-state index contributed by atoms with van der Waals surface area (Å²) < 4.78 is 9.81. The fraction of sp³-hybridized carbons (Fsp3) is 0.571. The molecule has 0 saturated carbocycles. The zero-order valence-corrected chi connectivity index (χ0v) is 19.4. The minimum Gasteiger partial charge on any atom is -0.497 e. The number of rotatable bonds is 7. The monoisotopic (exact) mass is 431 g/mol. The van der Waals surface area contributed by atoms with Gasteiger partial charge in [-0.2, -0.15) is 4.37 Å². The number of aryl methyl sites for hydroxylation is 1. The van der Waals surface area contributed by atoms with Crippen molar-refractivity contribution in [2.45, 2.75) is 19.4 Å². The SMILES string of the molecule is CCc1nsc(N2CCN(C(=NC)NCC(c3cccc(OC)c3)N(C)C)CC2)n1. The van der Waals surface area contributed by atoms with E-state index in [1.54, 1.807) is 7.11 Å². The summed E-state index contributed by atoms with van der Waals surface area (Å²) in [7, 11) is 7.75. The Hall–Kier alpha value is -2.39. The smallest absolute Gasteiger partial charge is 0.205 e. The minimum atomic E-state index is 0.215. The first kappa shape index (κ1) is 22.3. The molecule has 1 aromatic carbocycles. The van der Waals surface area contributed by atoms with Crippen molar-refractivity contribution in [3.8, 4) is 5.75 Å². The van der Waals surface area contributed by atoms with Crippen molar-refractivity contribution in [1.29, 1.82) is 0 Å². The van der Waals surface area contributed by atoms with Crippen molar-refractivity contribution < 1.29 is 4.74 Å². The predicted molar refractivity (Wildman–Crippen MR) is 124 cm³/mol. The zero-order chi connectivity index (χ0) is 21.5. The molecule has 1 saturated heterocycles. The highest BCUT2D eigenvalue weighted by atomic mass is 32.1. The van der Waals surface area contributed by atoms with Crippen LogP contribution in [0.25, 0.3) is 0 Å². The molecule has 0 amide bonds. The summed E-state index contributed by atoms with van der Waals surface area (Å²) in [6.45, 7) is 6.52. The largest absolute Gasteiger partial charge is 0.497 e. The van der Waals surface area contributed by atoms with Gasteiger partial charge < -0.3 is 24.8 Å². The van der Waals surface area contributed by atoms with Crippen LogP contribution in [0.2, 0.25) is 0 Å². The lowest BCUT2D eigenvalue weighted by Crippen LogP contribution is -2.53. The van der Waals surface area contributed by atoms with E-state index >= 15 is 0 Å². The van der Waals surface area contributed by atoms with E-state index in [9.17, 15) is 0 Å². The van der Waals surface area contributed by atoms with Gasteiger partial charge in [-0.15, -0.1) is 0 Å². The van der Waals surface area contributed by atoms with Gasteiger partial charge >= 0.3 is 0 Å². The van der Waals surface area contributed by atoms with Crippen LogP contribution in [0.1, 0.15) is 24.4 Å². The second kappa shape index (κ2) is 10.6. The molecule has 1 atom stereocenters. The highest BCUT2D eigenvalue weighted by Gasteiger charge is 2.23. The third-order valence-electron chi connectivity index (χ3n) is 5.39. The van der Waals surface area contributed by atoms with Gasteiger partial charge in [0.1, 0.15) is 11.6 Å². The molecule has 164 valence electrons. The second-order valence-corrected chi connectivity index (χ2v) is 8.24. The third kappa shape index (κ3) is 5.40. The van der Waals surface area contributed by atoms with Gasteiger partial charge in [-0.1, -0.05) is 19.1 Å². The van der Waals surface area contributed by atoms with Gasteiger partial charge in [0.05, 0.1) is 13.2 Å². The Balaban J connectivity index is 1.58.